The second-order valence-corrected chi connectivity index (χ2v) is 4.71. The van der Waals surface area contributed by atoms with Gasteiger partial charge < -0.3 is 9.63 Å². The Hall–Kier alpha value is -1.43. The Balaban J connectivity index is 2.48. The summed E-state index contributed by atoms with van der Waals surface area (Å²) in [6.07, 6.45) is 0.902. The minimum Gasteiger partial charge on any atom is -0.481 e. The van der Waals surface area contributed by atoms with Gasteiger partial charge >= 0.3 is 5.97 Å². The van der Waals surface area contributed by atoms with Crippen molar-refractivity contribution in [3.8, 4) is 0 Å². The second-order valence-electron chi connectivity index (χ2n) is 4.71. The van der Waals surface area contributed by atoms with Crippen molar-refractivity contribution < 1.29 is 14.4 Å². The highest BCUT2D eigenvalue weighted by molar-refractivity contribution is 5.66. The van der Waals surface area contributed by atoms with Gasteiger partial charge in [-0.1, -0.05) is 25.9 Å². The van der Waals surface area contributed by atoms with Gasteiger partial charge in [-0.05, 0) is 12.5 Å². The lowest BCUT2D eigenvalue weighted by molar-refractivity contribution is -0.137. The van der Waals surface area contributed by atoms with Crippen LogP contribution in [0.1, 0.15) is 38.9 Å². The van der Waals surface area contributed by atoms with Crippen molar-refractivity contribution in [3.05, 3.63) is 11.7 Å². The summed E-state index contributed by atoms with van der Waals surface area (Å²) < 4.78 is 5.14. The highest BCUT2D eigenvalue weighted by atomic mass is 16.5. The van der Waals surface area contributed by atoms with Crippen molar-refractivity contribution >= 4 is 5.97 Å². The fraction of sp³-hybridized carbons (Fsp3) is 0.750. The molecule has 18 heavy (non-hydrogen) atoms. The van der Waals surface area contributed by atoms with Crippen LogP contribution in [0.25, 0.3) is 0 Å². The molecule has 0 fully saturated rings. The smallest absolute Gasteiger partial charge is 0.304 e. The van der Waals surface area contributed by atoms with Gasteiger partial charge in [0.05, 0.1) is 13.0 Å². The third kappa shape index (κ3) is 5.27. The van der Waals surface area contributed by atoms with E-state index >= 15 is 0 Å². The van der Waals surface area contributed by atoms with E-state index in [1.54, 1.807) is 0 Å². The average molecular weight is 255 g/mol. The highest BCUT2D eigenvalue weighted by Crippen LogP contribution is 2.07. The Kier molecular flexibility index (Phi) is 5.77. The van der Waals surface area contributed by atoms with Gasteiger partial charge in [-0.15, -0.1) is 0 Å². The zero-order chi connectivity index (χ0) is 13.5. The van der Waals surface area contributed by atoms with Crippen molar-refractivity contribution in [1.29, 1.82) is 0 Å². The summed E-state index contributed by atoms with van der Waals surface area (Å²) in [7, 11) is 0. The largest absolute Gasteiger partial charge is 0.481 e. The molecule has 1 rings (SSSR count). The maximum atomic E-state index is 10.5. The molecule has 0 unspecified atom stereocenters. The molecule has 0 aromatic carbocycles. The van der Waals surface area contributed by atoms with Crippen molar-refractivity contribution in [2.75, 3.05) is 13.1 Å². The molecule has 0 aliphatic heterocycles. The van der Waals surface area contributed by atoms with Crippen LogP contribution in [0.5, 0.6) is 0 Å². The van der Waals surface area contributed by atoms with E-state index in [9.17, 15) is 4.79 Å². The van der Waals surface area contributed by atoms with Gasteiger partial charge in [-0.3, -0.25) is 9.69 Å². The Bertz CT molecular complexity index is 376. The lowest BCUT2D eigenvalue weighted by Gasteiger charge is -2.16. The monoisotopic (exact) mass is 255 g/mol. The number of carboxylic acid groups (broad SMARTS) is 1. The third-order valence-corrected chi connectivity index (χ3v) is 2.55. The van der Waals surface area contributed by atoms with Crippen molar-refractivity contribution in [3.63, 3.8) is 0 Å². The average Bonchev–Trinajstić information content (AvgIpc) is 2.70. The number of hydrogen-bond acceptors (Lipinski definition) is 5. The number of hydrogen-bond donors (Lipinski definition) is 1. The molecule has 0 radical (unpaired) electrons. The molecule has 0 aliphatic rings. The quantitative estimate of drug-likeness (QED) is 0.759. The van der Waals surface area contributed by atoms with Crippen molar-refractivity contribution in [2.45, 2.75) is 40.2 Å². The number of carbonyl (C=O) groups is 1. The Morgan fingerprint density at radius 2 is 2.22 bits per heavy atom. The predicted octanol–water partition coefficient (Wildman–Crippen LogP) is 1.56. The standard InChI is InChI=1S/C12H21N3O3/c1-4-15(6-5-12(16)17)8-10-13-11(18-14-10)7-9(2)3/h9H,4-8H2,1-3H3,(H,16,17). The first-order valence-corrected chi connectivity index (χ1v) is 6.26. The van der Waals surface area contributed by atoms with Crippen LogP contribution in [0.3, 0.4) is 0 Å². The zero-order valence-corrected chi connectivity index (χ0v) is 11.2. The number of carboxylic acids is 1. The SMILES string of the molecule is CCN(CCC(=O)O)Cc1noc(CC(C)C)n1. The maximum absolute atomic E-state index is 10.5. The van der Waals surface area contributed by atoms with E-state index in [-0.39, 0.29) is 6.42 Å². The molecule has 102 valence electrons. The first-order valence-electron chi connectivity index (χ1n) is 6.26. The Labute approximate surface area is 107 Å². The van der Waals surface area contributed by atoms with E-state index in [2.05, 4.69) is 24.0 Å². The highest BCUT2D eigenvalue weighted by Gasteiger charge is 2.12. The summed E-state index contributed by atoms with van der Waals surface area (Å²) in [6, 6.07) is 0. The summed E-state index contributed by atoms with van der Waals surface area (Å²) in [5.41, 5.74) is 0. The van der Waals surface area contributed by atoms with E-state index in [1.807, 2.05) is 11.8 Å². The fourth-order valence-electron chi connectivity index (χ4n) is 1.59. The van der Waals surface area contributed by atoms with Gasteiger partial charge in [0.1, 0.15) is 0 Å². The van der Waals surface area contributed by atoms with Crippen LogP contribution < -0.4 is 0 Å². The number of rotatable bonds is 8. The van der Waals surface area contributed by atoms with Crippen molar-refractivity contribution in [2.24, 2.45) is 5.92 Å². The van der Waals surface area contributed by atoms with E-state index in [0.29, 0.717) is 30.7 Å². The minimum absolute atomic E-state index is 0.130. The van der Waals surface area contributed by atoms with Gasteiger partial charge in [0.25, 0.3) is 0 Å². The number of aliphatic carboxylic acids is 1. The molecule has 1 N–H and O–H groups in total. The summed E-state index contributed by atoms with van der Waals surface area (Å²) in [4.78, 5) is 16.8. The van der Waals surface area contributed by atoms with Gasteiger partial charge in [0, 0.05) is 13.0 Å². The Morgan fingerprint density at radius 3 is 2.78 bits per heavy atom. The fourth-order valence-corrected chi connectivity index (χ4v) is 1.59. The van der Waals surface area contributed by atoms with Crippen LogP contribution in [-0.4, -0.2) is 39.2 Å². The Morgan fingerprint density at radius 1 is 1.50 bits per heavy atom. The second kappa shape index (κ2) is 7.10. The van der Waals surface area contributed by atoms with Crippen LogP contribution in [0, 0.1) is 5.92 Å². The zero-order valence-electron chi connectivity index (χ0n) is 11.2. The molecule has 0 spiro atoms. The molecular formula is C12H21N3O3. The van der Waals surface area contributed by atoms with E-state index < -0.39 is 5.97 Å². The molecule has 0 bridgehead atoms. The first-order chi connectivity index (χ1) is 8.51. The lowest BCUT2D eigenvalue weighted by atomic mass is 10.1. The summed E-state index contributed by atoms with van der Waals surface area (Å²) in [6.45, 7) is 7.97. The predicted molar refractivity (Wildman–Crippen MR) is 66.0 cm³/mol. The topological polar surface area (TPSA) is 79.5 Å². The lowest BCUT2D eigenvalue weighted by Crippen LogP contribution is -2.26. The van der Waals surface area contributed by atoms with Gasteiger partial charge in [-0.25, -0.2) is 0 Å². The molecule has 6 heteroatoms. The van der Waals surface area contributed by atoms with E-state index in [0.717, 1.165) is 13.0 Å². The molecule has 0 aliphatic carbocycles. The molecule has 1 aromatic rings. The third-order valence-electron chi connectivity index (χ3n) is 2.55. The molecule has 1 aromatic heterocycles. The first kappa shape index (κ1) is 14.6. The minimum atomic E-state index is -0.790. The van der Waals surface area contributed by atoms with Crippen LogP contribution in [0.4, 0.5) is 0 Å². The summed E-state index contributed by atoms with van der Waals surface area (Å²) in [5, 5.41) is 12.6. The normalized spacial score (nSPS) is 11.4. The molecule has 6 nitrogen and oxygen atoms in total. The van der Waals surface area contributed by atoms with Gasteiger partial charge in [0.15, 0.2) is 5.82 Å². The van der Waals surface area contributed by atoms with E-state index in [4.69, 9.17) is 9.63 Å². The number of aromatic nitrogens is 2. The molecule has 0 saturated carbocycles. The maximum Gasteiger partial charge on any atom is 0.304 e. The molecular weight excluding hydrogens is 234 g/mol. The molecule has 0 saturated heterocycles. The molecule has 0 atom stereocenters. The van der Waals surface area contributed by atoms with Crippen LogP contribution in [0.2, 0.25) is 0 Å². The summed E-state index contributed by atoms with van der Waals surface area (Å²) >= 11 is 0. The summed E-state index contributed by atoms with van der Waals surface area (Å²) in [5.74, 6) is 0.960. The molecule has 1 heterocycles. The van der Waals surface area contributed by atoms with Crippen LogP contribution in [-0.2, 0) is 17.8 Å². The van der Waals surface area contributed by atoms with Crippen LogP contribution in [0.15, 0.2) is 4.52 Å². The molecule has 0 amide bonds. The van der Waals surface area contributed by atoms with Gasteiger partial charge in [0.2, 0.25) is 5.89 Å². The van der Waals surface area contributed by atoms with E-state index in [1.165, 1.54) is 0 Å². The van der Waals surface area contributed by atoms with Crippen LogP contribution >= 0.6 is 0 Å². The van der Waals surface area contributed by atoms with Crippen molar-refractivity contribution in [1.82, 2.24) is 15.0 Å². The number of nitrogens with zero attached hydrogens (tertiary/aromatic N) is 3. The van der Waals surface area contributed by atoms with Gasteiger partial charge in [-0.2, -0.15) is 4.98 Å².